The van der Waals surface area contributed by atoms with Crippen LogP contribution < -0.4 is 10.2 Å². The third kappa shape index (κ3) is 6.27. The van der Waals surface area contributed by atoms with Gasteiger partial charge >= 0.3 is 24.2 Å². The zero-order chi connectivity index (χ0) is 31.1. The van der Waals surface area contributed by atoms with Gasteiger partial charge in [0, 0.05) is 34.5 Å². The van der Waals surface area contributed by atoms with E-state index in [1.165, 1.54) is 37.5 Å². The minimum absolute atomic E-state index is 0.0213. The highest BCUT2D eigenvalue weighted by Gasteiger charge is 2.73. The van der Waals surface area contributed by atoms with Crippen molar-refractivity contribution in [3.05, 3.63) is 86.6 Å². The summed E-state index contributed by atoms with van der Waals surface area (Å²) >= 11 is 8.33. The number of halogens is 12. The van der Waals surface area contributed by atoms with Crippen LogP contribution in [0.4, 0.5) is 55.3 Å². The molecule has 0 aliphatic heterocycles. The lowest BCUT2D eigenvalue weighted by Gasteiger charge is -2.31. The molecular weight excluding hydrogens is 668 g/mol. The van der Waals surface area contributed by atoms with Gasteiger partial charge in [-0.1, -0.05) is 17.7 Å². The van der Waals surface area contributed by atoms with E-state index in [0.29, 0.717) is 0 Å². The smallest absolute Gasteiger partial charge is 0.320 e. The second-order valence-electron chi connectivity index (χ2n) is 8.24. The summed E-state index contributed by atoms with van der Waals surface area (Å²) in [5.74, 6) is -1.98. The lowest BCUT2D eigenvalue weighted by Crippen LogP contribution is -2.50. The predicted molar refractivity (Wildman–Crippen MR) is 130 cm³/mol. The highest BCUT2D eigenvalue weighted by molar-refractivity contribution is 9.10. The van der Waals surface area contributed by atoms with Crippen LogP contribution in [0.3, 0.4) is 0 Å². The van der Waals surface area contributed by atoms with Crippen LogP contribution in [0.25, 0.3) is 0 Å². The fraction of sp³-hybridized carbons (Fsp3) is 0.208. The van der Waals surface area contributed by atoms with Gasteiger partial charge in [0.25, 0.3) is 11.8 Å². The first-order chi connectivity index (χ1) is 18.7. The third-order valence-corrected chi connectivity index (χ3v) is 6.53. The Labute approximate surface area is 237 Å². The van der Waals surface area contributed by atoms with Crippen molar-refractivity contribution in [2.45, 2.75) is 24.2 Å². The molecule has 2 amide bonds. The molecule has 1 N–H and O–H groups in total. The highest BCUT2D eigenvalue weighted by atomic mass is 79.9. The van der Waals surface area contributed by atoms with Gasteiger partial charge in [-0.2, -0.15) is 39.5 Å². The molecule has 0 fully saturated rings. The van der Waals surface area contributed by atoms with Crippen molar-refractivity contribution in [2.24, 2.45) is 0 Å². The molecule has 1 aromatic heterocycles. The molecule has 0 aliphatic carbocycles. The van der Waals surface area contributed by atoms with Crippen LogP contribution in [-0.2, 0) is 11.8 Å². The number of hydrogen-bond acceptors (Lipinski definition) is 3. The minimum atomic E-state index is -6.68. The first kappa shape index (κ1) is 32.1. The molecule has 0 saturated carbocycles. The van der Waals surface area contributed by atoms with Gasteiger partial charge in [-0.25, -0.2) is 9.37 Å². The molecule has 1 heterocycles. The fourth-order valence-electron chi connectivity index (χ4n) is 3.53. The third-order valence-electron chi connectivity index (χ3n) is 5.60. The summed E-state index contributed by atoms with van der Waals surface area (Å²) in [6.45, 7) is 0. The Kier molecular flexibility index (Phi) is 8.71. The average Bonchev–Trinajstić information content (AvgIpc) is 2.86. The molecule has 0 saturated heterocycles. The van der Waals surface area contributed by atoms with E-state index in [1.54, 1.807) is 5.32 Å². The van der Waals surface area contributed by atoms with Crippen molar-refractivity contribution in [2.75, 3.05) is 17.3 Å². The summed E-state index contributed by atoms with van der Waals surface area (Å²) in [6.07, 6.45) is -17.7. The average molecular weight is 681 g/mol. The number of nitrogens with one attached hydrogen (secondary N) is 1. The highest BCUT2D eigenvalue weighted by Crippen LogP contribution is 2.55. The minimum Gasteiger partial charge on any atom is -0.320 e. The summed E-state index contributed by atoms with van der Waals surface area (Å²) in [6, 6.07) is 6.69. The Hall–Kier alpha value is -3.40. The summed E-state index contributed by atoms with van der Waals surface area (Å²) in [4.78, 5) is 30.4. The number of aromatic nitrogens is 1. The van der Waals surface area contributed by atoms with Gasteiger partial charge in [-0.3, -0.25) is 9.59 Å². The predicted octanol–water partition coefficient (Wildman–Crippen LogP) is 8.33. The normalized spacial score (nSPS) is 12.7. The number of anilines is 2. The van der Waals surface area contributed by atoms with Crippen molar-refractivity contribution in [1.29, 1.82) is 0 Å². The first-order valence-electron chi connectivity index (χ1n) is 10.7. The standard InChI is InChI=1S/C24H13BrClF10N3O2/c1-39(20(41)14-6-3-7-37-18(14)26)13-5-2-4-11(8-13)19(40)38-17-15(22(28,29)30)9-12(10-16(17)25)21(27,23(31,32)33)24(34,35)36/h2-10H,1H3,(H,38,40). The summed E-state index contributed by atoms with van der Waals surface area (Å²) < 4.78 is 134. The van der Waals surface area contributed by atoms with Crippen LogP contribution >= 0.6 is 27.5 Å². The fourth-order valence-corrected chi connectivity index (χ4v) is 4.29. The van der Waals surface area contributed by atoms with Gasteiger partial charge in [0.05, 0.1) is 16.8 Å². The Balaban J connectivity index is 2.04. The van der Waals surface area contributed by atoms with Gasteiger partial charge in [0.2, 0.25) is 0 Å². The molecule has 41 heavy (non-hydrogen) atoms. The van der Waals surface area contributed by atoms with Crippen LogP contribution in [0.5, 0.6) is 0 Å². The SMILES string of the molecule is CN(C(=O)c1cccnc1Cl)c1cccc(C(=O)Nc2c(Br)cc(C(F)(C(F)(F)F)C(F)(F)F)cc2C(F)(F)F)c1. The molecule has 0 radical (unpaired) electrons. The van der Waals surface area contributed by atoms with Crippen LogP contribution in [-0.4, -0.2) is 36.2 Å². The second kappa shape index (κ2) is 11.1. The maximum Gasteiger partial charge on any atom is 0.435 e. The van der Waals surface area contributed by atoms with Crippen LogP contribution in [0.2, 0.25) is 5.15 Å². The van der Waals surface area contributed by atoms with Crippen molar-refractivity contribution in [3.63, 3.8) is 0 Å². The van der Waals surface area contributed by atoms with E-state index in [-0.39, 0.29) is 28.0 Å². The zero-order valence-corrected chi connectivity index (χ0v) is 22.3. The Morgan fingerprint density at radius 3 is 2.05 bits per heavy atom. The largest absolute Gasteiger partial charge is 0.435 e. The number of alkyl halides is 10. The molecule has 3 aromatic rings. The molecular formula is C24H13BrClF10N3O2. The Morgan fingerprint density at radius 1 is 0.902 bits per heavy atom. The molecule has 3 rings (SSSR count). The number of rotatable bonds is 5. The van der Waals surface area contributed by atoms with Crippen molar-refractivity contribution >= 4 is 50.7 Å². The molecule has 0 unspecified atom stereocenters. The summed E-state index contributed by atoms with van der Waals surface area (Å²) in [7, 11) is 1.28. The number of nitrogens with zero attached hydrogens (tertiary/aromatic N) is 2. The van der Waals surface area contributed by atoms with Gasteiger partial charge in [0.15, 0.2) is 0 Å². The molecule has 220 valence electrons. The number of hydrogen-bond donors (Lipinski definition) is 1. The van der Waals surface area contributed by atoms with E-state index in [4.69, 9.17) is 11.6 Å². The summed E-state index contributed by atoms with van der Waals surface area (Å²) in [5, 5.41) is 1.63. The topological polar surface area (TPSA) is 62.3 Å². The van der Waals surface area contributed by atoms with E-state index in [9.17, 15) is 53.5 Å². The number of amides is 2. The van der Waals surface area contributed by atoms with Gasteiger partial charge in [0.1, 0.15) is 5.15 Å². The number of benzene rings is 2. The molecule has 0 bridgehead atoms. The molecule has 0 spiro atoms. The van der Waals surface area contributed by atoms with Crippen LogP contribution in [0.15, 0.2) is 59.2 Å². The van der Waals surface area contributed by atoms with E-state index in [1.807, 2.05) is 0 Å². The maximum atomic E-state index is 14.5. The lowest BCUT2D eigenvalue weighted by molar-refractivity contribution is -0.348. The Bertz CT molecular complexity index is 1480. The monoisotopic (exact) mass is 679 g/mol. The van der Waals surface area contributed by atoms with E-state index in [0.717, 1.165) is 17.0 Å². The van der Waals surface area contributed by atoms with Crippen molar-refractivity contribution < 1.29 is 53.5 Å². The number of pyridine rings is 1. The van der Waals surface area contributed by atoms with Gasteiger partial charge in [-0.15, -0.1) is 0 Å². The summed E-state index contributed by atoms with van der Waals surface area (Å²) in [5.41, 5.74) is -12.4. The van der Waals surface area contributed by atoms with E-state index < -0.39 is 63.4 Å². The second-order valence-corrected chi connectivity index (χ2v) is 9.46. The van der Waals surface area contributed by atoms with Gasteiger partial charge < -0.3 is 10.2 Å². The number of carbonyl (C=O) groups is 2. The molecule has 0 atom stereocenters. The first-order valence-corrected chi connectivity index (χ1v) is 11.9. The molecule has 5 nitrogen and oxygen atoms in total. The van der Waals surface area contributed by atoms with Crippen molar-refractivity contribution in [1.82, 2.24) is 4.98 Å². The van der Waals surface area contributed by atoms with E-state index >= 15 is 0 Å². The van der Waals surface area contributed by atoms with Crippen LogP contribution in [0.1, 0.15) is 31.8 Å². The molecule has 2 aromatic carbocycles. The maximum absolute atomic E-state index is 14.5. The van der Waals surface area contributed by atoms with Crippen LogP contribution in [0, 0.1) is 0 Å². The van der Waals surface area contributed by atoms with E-state index in [2.05, 4.69) is 20.9 Å². The quantitative estimate of drug-likeness (QED) is 0.218. The Morgan fingerprint density at radius 2 is 1.51 bits per heavy atom. The zero-order valence-electron chi connectivity index (χ0n) is 19.9. The number of carbonyl (C=O) groups excluding carboxylic acids is 2. The molecule has 17 heteroatoms. The molecule has 0 aliphatic rings. The lowest BCUT2D eigenvalue weighted by atomic mass is 9.92. The van der Waals surface area contributed by atoms with Gasteiger partial charge in [-0.05, 0) is 58.4 Å². The van der Waals surface area contributed by atoms with Crippen molar-refractivity contribution in [3.8, 4) is 0 Å².